The number of halogens is 1. The number of rotatable bonds is 3. The van der Waals surface area contributed by atoms with Crippen molar-refractivity contribution < 1.29 is 4.79 Å². The van der Waals surface area contributed by atoms with E-state index < -0.39 is 5.91 Å². The molecular weight excluding hydrogens is 214 g/mol. The fourth-order valence-corrected chi connectivity index (χ4v) is 1.15. The van der Waals surface area contributed by atoms with Gasteiger partial charge in [-0.25, -0.2) is 0 Å². The zero-order valence-corrected chi connectivity index (χ0v) is 8.74. The number of carbonyl (C=O) groups is 1. The van der Waals surface area contributed by atoms with Crippen LogP contribution in [-0.2, 0) is 17.8 Å². The third-order valence-electron chi connectivity index (χ3n) is 1.92. The molecule has 1 aromatic rings. The molecular formula is C10H10ClN3O. The minimum absolute atomic E-state index is 0.113. The molecule has 0 aliphatic carbocycles. The van der Waals surface area contributed by atoms with E-state index in [0.717, 1.165) is 11.1 Å². The van der Waals surface area contributed by atoms with Gasteiger partial charge in [0.15, 0.2) is 0 Å². The zero-order chi connectivity index (χ0) is 11.3. The lowest BCUT2D eigenvalue weighted by Gasteiger charge is -2.04. The van der Waals surface area contributed by atoms with E-state index in [1.165, 1.54) is 6.19 Å². The van der Waals surface area contributed by atoms with Gasteiger partial charge >= 0.3 is 0 Å². The highest BCUT2D eigenvalue weighted by Gasteiger charge is 2.10. The van der Waals surface area contributed by atoms with Gasteiger partial charge in [-0.2, -0.15) is 9.68 Å². The number of carbonyl (C=O) groups excluding carboxylic acids is 1. The van der Waals surface area contributed by atoms with Crippen molar-refractivity contribution in [1.29, 1.82) is 5.26 Å². The van der Waals surface area contributed by atoms with E-state index in [2.05, 4.69) is 0 Å². The Bertz CT molecular complexity index is 383. The molecule has 0 radical (unpaired) electrons. The van der Waals surface area contributed by atoms with Gasteiger partial charge in [0.05, 0.1) is 6.42 Å². The Morgan fingerprint density at radius 1 is 1.40 bits per heavy atom. The van der Waals surface area contributed by atoms with Gasteiger partial charge in [0.1, 0.15) is 0 Å². The summed E-state index contributed by atoms with van der Waals surface area (Å²) in [4.78, 5) is 11.2. The third kappa shape index (κ3) is 3.24. The fraction of sp³-hybridized carbons (Fsp3) is 0.200. The maximum atomic E-state index is 11.2. The van der Waals surface area contributed by atoms with Crippen molar-refractivity contribution in [1.82, 2.24) is 4.42 Å². The van der Waals surface area contributed by atoms with Crippen molar-refractivity contribution in [3.63, 3.8) is 0 Å². The van der Waals surface area contributed by atoms with E-state index in [4.69, 9.17) is 22.8 Å². The molecule has 5 heteroatoms. The van der Waals surface area contributed by atoms with E-state index in [-0.39, 0.29) is 6.42 Å². The average Bonchev–Trinajstić information content (AvgIpc) is 2.29. The standard InChI is InChI=1S/C10H10ClN3O/c11-14(7-13)10(15)5-8-1-3-9(6-12)4-2-8/h1-4H,5-6,12H2. The average molecular weight is 224 g/mol. The van der Waals surface area contributed by atoms with Crippen LogP contribution >= 0.6 is 11.8 Å². The molecule has 0 unspecified atom stereocenters. The quantitative estimate of drug-likeness (QED) is 0.475. The van der Waals surface area contributed by atoms with Gasteiger partial charge in [0, 0.05) is 18.3 Å². The smallest absolute Gasteiger partial charge is 0.255 e. The Hall–Kier alpha value is -1.57. The first-order chi connectivity index (χ1) is 7.17. The summed E-state index contributed by atoms with van der Waals surface area (Å²) < 4.78 is 0.497. The predicted molar refractivity (Wildman–Crippen MR) is 56.3 cm³/mol. The Kier molecular flexibility index (Phi) is 4.10. The molecule has 0 fully saturated rings. The highest BCUT2D eigenvalue weighted by molar-refractivity contribution is 6.22. The highest BCUT2D eigenvalue weighted by atomic mass is 35.5. The van der Waals surface area contributed by atoms with Gasteiger partial charge in [-0.05, 0) is 11.1 Å². The van der Waals surface area contributed by atoms with Crippen LogP contribution in [0.1, 0.15) is 11.1 Å². The van der Waals surface area contributed by atoms with Crippen molar-refractivity contribution in [2.45, 2.75) is 13.0 Å². The number of nitrogens with two attached hydrogens (primary N) is 1. The highest BCUT2D eigenvalue weighted by Crippen LogP contribution is 2.06. The summed E-state index contributed by atoms with van der Waals surface area (Å²) in [6.45, 7) is 0.466. The van der Waals surface area contributed by atoms with Crippen LogP contribution in [0, 0.1) is 11.5 Å². The third-order valence-corrected chi connectivity index (χ3v) is 2.18. The lowest BCUT2D eigenvalue weighted by Crippen LogP contribution is -2.18. The topological polar surface area (TPSA) is 70.1 Å². The Morgan fingerprint density at radius 3 is 2.40 bits per heavy atom. The number of hydrogen-bond acceptors (Lipinski definition) is 3. The molecule has 0 aliphatic heterocycles. The van der Waals surface area contributed by atoms with E-state index in [1.54, 1.807) is 12.1 Å². The Balaban J connectivity index is 2.66. The number of amides is 1. The number of benzene rings is 1. The molecule has 1 aromatic carbocycles. The minimum atomic E-state index is -0.445. The Labute approximate surface area is 93.0 Å². The van der Waals surface area contributed by atoms with E-state index in [9.17, 15) is 4.79 Å². The molecule has 1 rings (SSSR count). The van der Waals surface area contributed by atoms with Gasteiger partial charge < -0.3 is 5.73 Å². The van der Waals surface area contributed by atoms with Gasteiger partial charge in [0.25, 0.3) is 5.91 Å². The molecule has 0 aliphatic rings. The van der Waals surface area contributed by atoms with Crippen molar-refractivity contribution >= 4 is 17.7 Å². The number of hydrogen-bond donors (Lipinski definition) is 1. The van der Waals surface area contributed by atoms with Crippen LogP contribution in [-0.4, -0.2) is 10.3 Å². The zero-order valence-electron chi connectivity index (χ0n) is 7.98. The second-order valence-corrected chi connectivity index (χ2v) is 3.31. The summed E-state index contributed by atoms with van der Waals surface area (Å²) in [5.41, 5.74) is 7.23. The van der Waals surface area contributed by atoms with Crippen LogP contribution in [0.25, 0.3) is 0 Å². The lowest BCUT2D eigenvalue weighted by atomic mass is 10.1. The van der Waals surface area contributed by atoms with Crippen LogP contribution in [0.4, 0.5) is 0 Å². The van der Waals surface area contributed by atoms with Gasteiger partial charge in [0.2, 0.25) is 6.19 Å². The van der Waals surface area contributed by atoms with E-state index in [1.807, 2.05) is 12.1 Å². The van der Waals surface area contributed by atoms with Crippen molar-refractivity contribution in [2.24, 2.45) is 5.73 Å². The van der Waals surface area contributed by atoms with Gasteiger partial charge in [-0.3, -0.25) is 4.79 Å². The first-order valence-corrected chi connectivity index (χ1v) is 4.67. The molecule has 0 saturated heterocycles. The fourth-order valence-electron chi connectivity index (χ4n) is 1.09. The van der Waals surface area contributed by atoms with Crippen molar-refractivity contribution in [3.8, 4) is 6.19 Å². The van der Waals surface area contributed by atoms with Crippen LogP contribution in [0.2, 0.25) is 0 Å². The first-order valence-electron chi connectivity index (χ1n) is 4.33. The molecule has 78 valence electrons. The molecule has 0 atom stereocenters. The number of nitriles is 1. The summed E-state index contributed by atoms with van der Waals surface area (Å²) in [5, 5.41) is 8.37. The molecule has 0 bridgehead atoms. The van der Waals surface area contributed by atoms with Crippen molar-refractivity contribution in [3.05, 3.63) is 35.4 Å². The summed E-state index contributed by atoms with van der Waals surface area (Å²) in [5.74, 6) is -0.445. The number of nitrogens with zero attached hydrogens (tertiary/aromatic N) is 2. The first kappa shape index (κ1) is 11.5. The minimum Gasteiger partial charge on any atom is -0.326 e. The lowest BCUT2D eigenvalue weighted by molar-refractivity contribution is -0.123. The monoisotopic (exact) mass is 223 g/mol. The normalized spacial score (nSPS) is 9.40. The summed E-state index contributed by atoms with van der Waals surface area (Å²) in [6.07, 6.45) is 1.65. The van der Waals surface area contributed by atoms with Crippen LogP contribution in [0.3, 0.4) is 0 Å². The van der Waals surface area contributed by atoms with Crippen LogP contribution in [0.5, 0.6) is 0 Å². The molecule has 15 heavy (non-hydrogen) atoms. The van der Waals surface area contributed by atoms with Crippen molar-refractivity contribution in [2.75, 3.05) is 0 Å². The molecule has 4 nitrogen and oxygen atoms in total. The molecule has 0 aromatic heterocycles. The molecule has 0 heterocycles. The molecule has 2 N–H and O–H groups in total. The summed E-state index contributed by atoms with van der Waals surface area (Å²) in [7, 11) is 0. The maximum Gasteiger partial charge on any atom is 0.255 e. The SMILES string of the molecule is N#CN(Cl)C(=O)Cc1ccc(CN)cc1. The van der Waals surface area contributed by atoms with Crippen LogP contribution in [0.15, 0.2) is 24.3 Å². The summed E-state index contributed by atoms with van der Waals surface area (Å²) in [6, 6.07) is 7.27. The molecule has 0 spiro atoms. The van der Waals surface area contributed by atoms with Crippen LogP contribution < -0.4 is 5.73 Å². The second kappa shape index (κ2) is 5.35. The van der Waals surface area contributed by atoms with Gasteiger partial charge in [-0.1, -0.05) is 24.3 Å². The van der Waals surface area contributed by atoms with E-state index in [0.29, 0.717) is 11.0 Å². The molecule has 1 amide bonds. The largest absolute Gasteiger partial charge is 0.326 e. The van der Waals surface area contributed by atoms with Gasteiger partial charge in [-0.15, -0.1) is 0 Å². The summed E-state index contributed by atoms with van der Waals surface area (Å²) >= 11 is 5.33. The predicted octanol–water partition coefficient (Wildman–Crippen LogP) is 1.15. The maximum absolute atomic E-state index is 11.2. The second-order valence-electron chi connectivity index (χ2n) is 2.97. The van der Waals surface area contributed by atoms with E-state index >= 15 is 0 Å². The Morgan fingerprint density at radius 2 is 1.93 bits per heavy atom. The molecule has 0 saturated carbocycles.